The Kier molecular flexibility index (Phi) is 6.22. The molecule has 1 amide bonds. The molecular formula is C15H23NO2S. The van der Waals surface area contributed by atoms with Crippen LogP contribution in [0.3, 0.4) is 0 Å². The van der Waals surface area contributed by atoms with Gasteiger partial charge in [0.1, 0.15) is 5.75 Å². The van der Waals surface area contributed by atoms with Gasteiger partial charge in [-0.3, -0.25) is 4.79 Å². The summed E-state index contributed by atoms with van der Waals surface area (Å²) in [6.45, 7) is 7.25. The molecule has 0 bridgehead atoms. The van der Waals surface area contributed by atoms with Crippen LogP contribution in [0.2, 0.25) is 0 Å². The van der Waals surface area contributed by atoms with Crippen molar-refractivity contribution in [3.63, 3.8) is 0 Å². The number of rotatable bonds is 6. The maximum atomic E-state index is 11.7. The third kappa shape index (κ3) is 7.11. The van der Waals surface area contributed by atoms with Gasteiger partial charge in [0.25, 0.3) is 0 Å². The molecule has 1 rings (SSSR count). The third-order valence-corrected chi connectivity index (χ3v) is 3.76. The number of methoxy groups -OCH3 is 1. The van der Waals surface area contributed by atoms with E-state index in [-0.39, 0.29) is 10.7 Å². The quantitative estimate of drug-likeness (QED) is 0.815. The fourth-order valence-corrected chi connectivity index (χ4v) is 2.36. The van der Waals surface area contributed by atoms with E-state index < -0.39 is 0 Å². The van der Waals surface area contributed by atoms with Crippen LogP contribution in [0, 0.1) is 0 Å². The fraction of sp³-hybridized carbons (Fsp3) is 0.533. The first-order chi connectivity index (χ1) is 8.90. The highest BCUT2D eigenvalue weighted by Crippen LogP contribution is 2.22. The van der Waals surface area contributed by atoms with Crippen molar-refractivity contribution in [3.8, 4) is 5.75 Å². The third-order valence-electron chi connectivity index (χ3n) is 2.48. The van der Waals surface area contributed by atoms with Crippen molar-refractivity contribution >= 4 is 17.7 Å². The first-order valence-electron chi connectivity index (χ1n) is 6.44. The number of carbonyl (C=O) groups is 1. The predicted octanol–water partition coefficient (Wildman–Crippen LogP) is 2.89. The lowest BCUT2D eigenvalue weighted by atomic mass is 10.1. The number of hydrogen-bond donors (Lipinski definition) is 1. The van der Waals surface area contributed by atoms with Gasteiger partial charge in [-0.1, -0.05) is 32.9 Å². The molecule has 0 saturated carbocycles. The topological polar surface area (TPSA) is 38.3 Å². The first-order valence-corrected chi connectivity index (χ1v) is 7.43. The van der Waals surface area contributed by atoms with Crippen molar-refractivity contribution in [1.29, 1.82) is 0 Å². The zero-order valence-corrected chi connectivity index (χ0v) is 13.0. The van der Waals surface area contributed by atoms with Crippen LogP contribution >= 0.6 is 11.8 Å². The molecule has 0 heterocycles. The van der Waals surface area contributed by atoms with Crippen LogP contribution in [0.25, 0.3) is 0 Å². The van der Waals surface area contributed by atoms with E-state index in [4.69, 9.17) is 4.74 Å². The van der Waals surface area contributed by atoms with Gasteiger partial charge in [-0.05, 0) is 17.7 Å². The van der Waals surface area contributed by atoms with Crippen molar-refractivity contribution in [1.82, 2.24) is 5.32 Å². The molecule has 1 aromatic rings. The summed E-state index contributed by atoms with van der Waals surface area (Å²) in [7, 11) is 1.63. The van der Waals surface area contributed by atoms with E-state index in [0.29, 0.717) is 6.42 Å². The van der Waals surface area contributed by atoms with Crippen LogP contribution in [-0.4, -0.2) is 30.1 Å². The van der Waals surface area contributed by atoms with Crippen molar-refractivity contribution in [2.24, 2.45) is 0 Å². The molecule has 1 N–H and O–H groups in total. The van der Waals surface area contributed by atoms with Crippen molar-refractivity contribution in [2.45, 2.75) is 31.9 Å². The highest BCUT2D eigenvalue weighted by Gasteiger charge is 2.10. The lowest BCUT2D eigenvalue weighted by molar-refractivity contribution is -0.120. The number of amides is 1. The SMILES string of the molecule is COc1ccc(CC(=O)NCCSC(C)(C)C)cc1. The van der Waals surface area contributed by atoms with E-state index in [2.05, 4.69) is 26.1 Å². The standard InChI is InChI=1S/C15H23NO2S/c1-15(2,3)19-10-9-16-14(17)11-12-5-7-13(18-4)8-6-12/h5-8H,9-11H2,1-4H3,(H,16,17). The summed E-state index contributed by atoms with van der Waals surface area (Å²) in [5.41, 5.74) is 1.00. The molecule has 0 aromatic heterocycles. The highest BCUT2D eigenvalue weighted by molar-refractivity contribution is 8.00. The summed E-state index contributed by atoms with van der Waals surface area (Å²) in [6.07, 6.45) is 0.421. The Morgan fingerprint density at radius 3 is 2.42 bits per heavy atom. The van der Waals surface area contributed by atoms with Gasteiger partial charge in [-0.2, -0.15) is 11.8 Å². The average molecular weight is 281 g/mol. The molecule has 3 nitrogen and oxygen atoms in total. The molecule has 0 unspecified atom stereocenters. The first kappa shape index (κ1) is 15.9. The molecule has 0 radical (unpaired) electrons. The van der Waals surface area contributed by atoms with Crippen molar-refractivity contribution < 1.29 is 9.53 Å². The Hall–Kier alpha value is -1.16. The van der Waals surface area contributed by atoms with Gasteiger partial charge in [0.05, 0.1) is 13.5 Å². The number of ether oxygens (including phenoxy) is 1. The van der Waals surface area contributed by atoms with Crippen LogP contribution in [-0.2, 0) is 11.2 Å². The van der Waals surface area contributed by atoms with Gasteiger partial charge >= 0.3 is 0 Å². The molecule has 0 aliphatic carbocycles. The minimum absolute atomic E-state index is 0.0691. The summed E-state index contributed by atoms with van der Waals surface area (Å²) in [4.78, 5) is 11.7. The second kappa shape index (κ2) is 7.43. The van der Waals surface area contributed by atoms with Crippen LogP contribution in [0.15, 0.2) is 24.3 Å². The van der Waals surface area contributed by atoms with E-state index in [1.54, 1.807) is 7.11 Å². The van der Waals surface area contributed by atoms with Crippen LogP contribution in [0.4, 0.5) is 0 Å². The molecule has 106 valence electrons. The molecule has 0 atom stereocenters. The number of benzene rings is 1. The molecule has 0 saturated heterocycles. The highest BCUT2D eigenvalue weighted by atomic mass is 32.2. The number of carbonyl (C=O) groups excluding carboxylic acids is 1. The Morgan fingerprint density at radius 1 is 1.26 bits per heavy atom. The average Bonchev–Trinajstić information content (AvgIpc) is 2.34. The fourth-order valence-electron chi connectivity index (χ4n) is 1.54. The minimum Gasteiger partial charge on any atom is -0.497 e. The van der Waals surface area contributed by atoms with Gasteiger partial charge < -0.3 is 10.1 Å². The van der Waals surface area contributed by atoms with E-state index >= 15 is 0 Å². The summed E-state index contributed by atoms with van der Waals surface area (Å²) in [6, 6.07) is 7.58. The minimum atomic E-state index is 0.0691. The van der Waals surface area contributed by atoms with Crippen molar-refractivity contribution in [2.75, 3.05) is 19.4 Å². The molecule has 0 fully saturated rings. The second-order valence-corrected chi connectivity index (χ2v) is 7.26. The van der Waals surface area contributed by atoms with Gasteiger partial charge in [-0.15, -0.1) is 0 Å². The van der Waals surface area contributed by atoms with Crippen LogP contribution in [0.5, 0.6) is 5.75 Å². The van der Waals surface area contributed by atoms with Crippen LogP contribution in [0.1, 0.15) is 26.3 Å². The van der Waals surface area contributed by atoms with Gasteiger partial charge in [0.2, 0.25) is 5.91 Å². The largest absolute Gasteiger partial charge is 0.497 e. The van der Waals surface area contributed by atoms with E-state index in [1.165, 1.54) is 0 Å². The van der Waals surface area contributed by atoms with E-state index in [9.17, 15) is 4.79 Å². The number of thioether (sulfide) groups is 1. The molecular weight excluding hydrogens is 258 g/mol. The molecule has 19 heavy (non-hydrogen) atoms. The smallest absolute Gasteiger partial charge is 0.224 e. The number of nitrogens with one attached hydrogen (secondary N) is 1. The van der Waals surface area contributed by atoms with Gasteiger partial charge in [0.15, 0.2) is 0 Å². The summed E-state index contributed by atoms with van der Waals surface area (Å²) in [5.74, 6) is 1.82. The molecule has 0 aliphatic rings. The lowest BCUT2D eigenvalue weighted by Gasteiger charge is -2.17. The summed E-state index contributed by atoms with van der Waals surface area (Å²) < 4.78 is 5.33. The lowest BCUT2D eigenvalue weighted by Crippen LogP contribution is -2.28. The Balaban J connectivity index is 2.27. The zero-order valence-electron chi connectivity index (χ0n) is 12.2. The maximum absolute atomic E-state index is 11.7. The zero-order chi connectivity index (χ0) is 14.3. The van der Waals surface area contributed by atoms with Gasteiger partial charge in [0, 0.05) is 17.0 Å². The predicted molar refractivity (Wildman–Crippen MR) is 81.9 cm³/mol. The Morgan fingerprint density at radius 2 is 1.89 bits per heavy atom. The van der Waals surface area contributed by atoms with Crippen molar-refractivity contribution in [3.05, 3.63) is 29.8 Å². The van der Waals surface area contributed by atoms with E-state index in [0.717, 1.165) is 23.6 Å². The molecule has 4 heteroatoms. The van der Waals surface area contributed by atoms with Crippen LogP contribution < -0.4 is 10.1 Å². The maximum Gasteiger partial charge on any atom is 0.224 e. The molecule has 1 aromatic carbocycles. The molecule has 0 aliphatic heterocycles. The second-order valence-electron chi connectivity index (χ2n) is 5.34. The molecule has 0 spiro atoms. The monoisotopic (exact) mass is 281 g/mol. The Bertz CT molecular complexity index is 396. The Labute approximate surface area is 120 Å². The summed E-state index contributed by atoms with van der Waals surface area (Å²) >= 11 is 1.86. The summed E-state index contributed by atoms with van der Waals surface area (Å²) in [5, 5.41) is 2.94. The van der Waals surface area contributed by atoms with E-state index in [1.807, 2.05) is 36.0 Å². The van der Waals surface area contributed by atoms with Gasteiger partial charge in [-0.25, -0.2) is 0 Å². The number of hydrogen-bond acceptors (Lipinski definition) is 3. The normalized spacial score (nSPS) is 11.2.